The van der Waals surface area contributed by atoms with Crippen molar-refractivity contribution in [3.05, 3.63) is 90.0 Å². The quantitative estimate of drug-likeness (QED) is 0.565. The number of hydrogen-bond acceptors (Lipinski definition) is 2. The molecule has 2 N–H and O–H groups in total. The molecule has 0 aliphatic carbocycles. The SMILES string of the molecule is Cc1cccc(C)c1N[P+](NC(C)(C)C)(c1ccccc1)c1ccccc1. The molecular formula is C24H30N2P+. The zero-order valence-corrected chi connectivity index (χ0v) is 17.8. The second-order valence-corrected chi connectivity index (χ2v) is 10.9. The Morgan fingerprint density at radius 1 is 0.630 bits per heavy atom. The van der Waals surface area contributed by atoms with Crippen LogP contribution in [0.25, 0.3) is 0 Å². The number of nitrogens with one attached hydrogen (secondary N) is 2. The van der Waals surface area contributed by atoms with E-state index in [4.69, 9.17) is 0 Å². The fourth-order valence-electron chi connectivity index (χ4n) is 3.40. The zero-order chi connectivity index (χ0) is 19.5. The summed E-state index contributed by atoms with van der Waals surface area (Å²) >= 11 is 0. The summed E-state index contributed by atoms with van der Waals surface area (Å²) in [6.07, 6.45) is 0. The maximum atomic E-state index is 4.02. The van der Waals surface area contributed by atoms with Crippen molar-refractivity contribution in [3.63, 3.8) is 0 Å². The molecule has 0 bridgehead atoms. The molecule has 0 heterocycles. The normalized spacial score (nSPS) is 12.0. The molecule has 0 amide bonds. The molecule has 140 valence electrons. The lowest BCUT2D eigenvalue weighted by molar-refractivity contribution is 0.528. The highest BCUT2D eigenvalue weighted by atomic mass is 31.2. The van der Waals surface area contributed by atoms with Gasteiger partial charge in [-0.05, 0) is 70.0 Å². The predicted octanol–water partition coefficient (Wildman–Crippen LogP) is 5.60. The van der Waals surface area contributed by atoms with Gasteiger partial charge in [0.1, 0.15) is 10.6 Å². The van der Waals surface area contributed by atoms with Crippen LogP contribution in [0.15, 0.2) is 78.9 Å². The summed E-state index contributed by atoms with van der Waals surface area (Å²) < 4.78 is 0. The Bertz CT molecular complexity index is 824. The van der Waals surface area contributed by atoms with Crippen molar-refractivity contribution < 1.29 is 0 Å². The van der Waals surface area contributed by atoms with Gasteiger partial charge in [-0.15, -0.1) is 0 Å². The minimum absolute atomic E-state index is 0.0525. The highest BCUT2D eigenvalue weighted by Crippen LogP contribution is 2.54. The van der Waals surface area contributed by atoms with Crippen LogP contribution in [0.5, 0.6) is 0 Å². The van der Waals surface area contributed by atoms with Gasteiger partial charge in [-0.1, -0.05) is 54.6 Å². The number of aryl methyl sites for hydroxylation is 2. The third-order valence-corrected chi connectivity index (χ3v) is 8.26. The third-order valence-electron chi connectivity index (χ3n) is 4.55. The average Bonchev–Trinajstić information content (AvgIpc) is 2.64. The molecular weight excluding hydrogens is 347 g/mol. The highest BCUT2D eigenvalue weighted by molar-refractivity contribution is 7.89. The lowest BCUT2D eigenvalue weighted by Gasteiger charge is -2.35. The lowest BCUT2D eigenvalue weighted by Crippen LogP contribution is -2.46. The number of anilines is 1. The van der Waals surface area contributed by atoms with Crippen molar-refractivity contribution in [2.24, 2.45) is 0 Å². The van der Waals surface area contributed by atoms with Crippen molar-refractivity contribution in [2.45, 2.75) is 40.2 Å². The molecule has 3 aromatic rings. The van der Waals surface area contributed by atoms with Gasteiger partial charge in [0.2, 0.25) is 7.56 Å². The molecule has 0 radical (unpaired) electrons. The van der Waals surface area contributed by atoms with E-state index in [1.54, 1.807) is 0 Å². The maximum absolute atomic E-state index is 4.02. The van der Waals surface area contributed by atoms with Gasteiger partial charge in [0.25, 0.3) is 0 Å². The monoisotopic (exact) mass is 377 g/mol. The van der Waals surface area contributed by atoms with E-state index >= 15 is 0 Å². The number of rotatable bonds is 5. The Balaban J connectivity index is 2.26. The van der Waals surface area contributed by atoms with E-state index in [0.29, 0.717) is 0 Å². The Morgan fingerprint density at radius 3 is 1.48 bits per heavy atom. The second-order valence-electron chi connectivity index (χ2n) is 8.08. The Hall–Kier alpha value is -2.15. The van der Waals surface area contributed by atoms with Gasteiger partial charge >= 0.3 is 0 Å². The Labute approximate surface area is 164 Å². The molecule has 0 aliphatic heterocycles. The first-order chi connectivity index (χ1) is 12.8. The van der Waals surface area contributed by atoms with Crippen molar-refractivity contribution in [1.82, 2.24) is 5.09 Å². The molecule has 0 saturated heterocycles. The van der Waals surface area contributed by atoms with Gasteiger partial charge in [0.15, 0.2) is 0 Å². The minimum atomic E-state index is -2.10. The molecule has 0 aliphatic rings. The van der Waals surface area contributed by atoms with Gasteiger partial charge in [0.05, 0.1) is 5.69 Å². The first-order valence-corrected chi connectivity index (χ1v) is 11.2. The van der Waals surface area contributed by atoms with Crippen LogP contribution in [0.1, 0.15) is 31.9 Å². The molecule has 0 saturated carbocycles. The molecule has 0 unspecified atom stereocenters. The average molecular weight is 377 g/mol. The summed E-state index contributed by atoms with van der Waals surface area (Å²) in [6.45, 7) is 11.1. The Morgan fingerprint density at radius 2 is 1.07 bits per heavy atom. The minimum Gasteiger partial charge on any atom is -0.235 e. The summed E-state index contributed by atoms with van der Waals surface area (Å²) in [6, 6.07) is 28.1. The molecule has 3 aromatic carbocycles. The predicted molar refractivity (Wildman–Crippen MR) is 121 cm³/mol. The van der Waals surface area contributed by atoms with E-state index in [1.807, 2.05) is 0 Å². The molecule has 2 nitrogen and oxygen atoms in total. The van der Waals surface area contributed by atoms with E-state index in [1.165, 1.54) is 27.4 Å². The summed E-state index contributed by atoms with van der Waals surface area (Å²) in [7, 11) is -2.10. The Kier molecular flexibility index (Phi) is 5.69. The van der Waals surface area contributed by atoms with E-state index in [-0.39, 0.29) is 5.54 Å². The number of hydrogen-bond donors (Lipinski definition) is 2. The van der Waals surface area contributed by atoms with Gasteiger partial charge < -0.3 is 0 Å². The van der Waals surface area contributed by atoms with Crippen LogP contribution >= 0.6 is 7.56 Å². The largest absolute Gasteiger partial charge is 0.236 e. The van der Waals surface area contributed by atoms with Crippen LogP contribution in [0.4, 0.5) is 5.69 Å². The maximum Gasteiger partial charge on any atom is 0.236 e. The van der Waals surface area contributed by atoms with E-state index in [2.05, 4.69) is 124 Å². The lowest BCUT2D eigenvalue weighted by atomic mass is 10.1. The summed E-state index contributed by atoms with van der Waals surface area (Å²) in [4.78, 5) is 0. The molecule has 3 heteroatoms. The van der Waals surface area contributed by atoms with E-state index in [9.17, 15) is 0 Å². The smallest absolute Gasteiger partial charge is 0.235 e. The zero-order valence-electron chi connectivity index (χ0n) is 17.0. The first kappa shape index (κ1) is 19.6. The van der Waals surface area contributed by atoms with Crippen LogP contribution in [0.3, 0.4) is 0 Å². The summed E-state index contributed by atoms with van der Waals surface area (Å²) in [5.41, 5.74) is 3.70. The van der Waals surface area contributed by atoms with Crippen LogP contribution in [-0.4, -0.2) is 5.54 Å². The topological polar surface area (TPSA) is 24.1 Å². The molecule has 27 heavy (non-hydrogen) atoms. The fourth-order valence-corrected chi connectivity index (χ4v) is 7.20. The van der Waals surface area contributed by atoms with Crippen molar-refractivity contribution in [1.29, 1.82) is 0 Å². The standard InChI is InChI=1S/C24H30N2P/c1-19-13-12-14-20(2)23(19)25-27(26-24(3,4)5,21-15-8-6-9-16-21)22-17-10-7-11-18-22/h6-18,25-26H,1-5H3/q+1. The highest BCUT2D eigenvalue weighted by Gasteiger charge is 2.47. The van der Waals surface area contributed by atoms with E-state index in [0.717, 1.165) is 0 Å². The van der Waals surface area contributed by atoms with Gasteiger partial charge in [-0.3, -0.25) is 0 Å². The van der Waals surface area contributed by atoms with Gasteiger partial charge in [0, 0.05) is 5.54 Å². The van der Waals surface area contributed by atoms with Crippen molar-refractivity contribution >= 4 is 23.9 Å². The fraction of sp³-hybridized carbons (Fsp3) is 0.250. The van der Waals surface area contributed by atoms with Crippen molar-refractivity contribution in [3.8, 4) is 0 Å². The second kappa shape index (κ2) is 7.84. The van der Waals surface area contributed by atoms with Crippen LogP contribution < -0.4 is 20.8 Å². The number of para-hydroxylation sites is 1. The molecule has 3 rings (SSSR count). The molecule has 0 atom stereocenters. The summed E-state index contributed by atoms with van der Waals surface area (Å²) in [5.74, 6) is 0. The molecule has 0 spiro atoms. The van der Waals surface area contributed by atoms with Crippen LogP contribution in [0, 0.1) is 13.8 Å². The molecule has 0 fully saturated rings. The molecule has 0 aromatic heterocycles. The van der Waals surface area contributed by atoms with Crippen LogP contribution in [0.2, 0.25) is 0 Å². The van der Waals surface area contributed by atoms with E-state index < -0.39 is 7.56 Å². The first-order valence-electron chi connectivity index (χ1n) is 9.46. The number of benzene rings is 3. The summed E-state index contributed by atoms with van der Waals surface area (Å²) in [5, 5.41) is 10.6. The third kappa shape index (κ3) is 4.40. The van der Waals surface area contributed by atoms with Crippen LogP contribution in [-0.2, 0) is 0 Å². The van der Waals surface area contributed by atoms with Gasteiger partial charge in [-0.25, -0.2) is 5.09 Å². The van der Waals surface area contributed by atoms with Gasteiger partial charge in [-0.2, -0.15) is 5.09 Å². The van der Waals surface area contributed by atoms with Crippen molar-refractivity contribution in [2.75, 3.05) is 5.09 Å².